The van der Waals surface area contributed by atoms with Gasteiger partial charge in [-0.2, -0.15) is 5.10 Å². The number of hydrogen-bond acceptors (Lipinski definition) is 3. The van der Waals surface area contributed by atoms with E-state index in [1.165, 1.54) is 6.33 Å². The van der Waals surface area contributed by atoms with Crippen LogP contribution in [-0.4, -0.2) is 19.9 Å². The van der Waals surface area contributed by atoms with Crippen molar-refractivity contribution in [3.8, 4) is 0 Å². The summed E-state index contributed by atoms with van der Waals surface area (Å²) in [5, 5.41) is 15.8. The van der Waals surface area contributed by atoms with E-state index in [1.54, 1.807) is 29.2 Å². The molecule has 108 valence electrons. The summed E-state index contributed by atoms with van der Waals surface area (Å²) < 4.78 is 1.69. The van der Waals surface area contributed by atoms with Crippen LogP contribution in [0.2, 0.25) is 10.0 Å². The standard InChI is InChI=1S/C14H17Cl2N3O/c1-2-3-4-13(19-9-17-8-18-19)14(20)11-6-5-10(15)7-12(11)16/h5-9,13-14,20H,2-4H2,1H3. The third-order valence-electron chi connectivity index (χ3n) is 3.28. The minimum atomic E-state index is -0.743. The second-order valence-corrected chi connectivity index (χ2v) is 5.54. The van der Waals surface area contributed by atoms with Gasteiger partial charge >= 0.3 is 0 Å². The lowest BCUT2D eigenvalue weighted by Crippen LogP contribution is -2.19. The summed E-state index contributed by atoms with van der Waals surface area (Å²) in [6.45, 7) is 2.11. The molecule has 2 unspecified atom stereocenters. The maximum Gasteiger partial charge on any atom is 0.137 e. The maximum absolute atomic E-state index is 10.6. The van der Waals surface area contributed by atoms with E-state index in [0.717, 1.165) is 19.3 Å². The lowest BCUT2D eigenvalue weighted by Gasteiger charge is -2.24. The van der Waals surface area contributed by atoms with Gasteiger partial charge in [0.1, 0.15) is 18.8 Å². The van der Waals surface area contributed by atoms with E-state index < -0.39 is 6.10 Å². The van der Waals surface area contributed by atoms with Crippen molar-refractivity contribution >= 4 is 23.2 Å². The molecule has 2 atom stereocenters. The number of aliphatic hydroxyl groups excluding tert-OH is 1. The lowest BCUT2D eigenvalue weighted by atomic mass is 9.98. The molecule has 0 saturated carbocycles. The van der Waals surface area contributed by atoms with E-state index in [1.807, 2.05) is 0 Å². The van der Waals surface area contributed by atoms with E-state index in [2.05, 4.69) is 17.0 Å². The monoisotopic (exact) mass is 313 g/mol. The third kappa shape index (κ3) is 3.51. The van der Waals surface area contributed by atoms with E-state index in [9.17, 15) is 5.11 Å². The van der Waals surface area contributed by atoms with Crippen LogP contribution >= 0.6 is 23.2 Å². The molecule has 0 radical (unpaired) electrons. The maximum atomic E-state index is 10.6. The van der Waals surface area contributed by atoms with Crippen LogP contribution in [-0.2, 0) is 0 Å². The van der Waals surface area contributed by atoms with Crippen molar-refractivity contribution < 1.29 is 5.11 Å². The highest BCUT2D eigenvalue weighted by molar-refractivity contribution is 6.35. The van der Waals surface area contributed by atoms with Gasteiger partial charge in [0, 0.05) is 15.6 Å². The molecule has 0 spiro atoms. The van der Waals surface area contributed by atoms with Crippen molar-refractivity contribution in [2.24, 2.45) is 0 Å². The zero-order valence-electron chi connectivity index (χ0n) is 11.2. The Balaban J connectivity index is 2.28. The molecule has 4 nitrogen and oxygen atoms in total. The van der Waals surface area contributed by atoms with Crippen molar-refractivity contribution in [2.45, 2.75) is 38.3 Å². The number of nitrogens with zero attached hydrogens (tertiary/aromatic N) is 3. The van der Waals surface area contributed by atoms with Crippen molar-refractivity contribution in [1.82, 2.24) is 14.8 Å². The number of aliphatic hydroxyl groups is 1. The van der Waals surface area contributed by atoms with Gasteiger partial charge in [-0.15, -0.1) is 0 Å². The summed E-state index contributed by atoms with van der Waals surface area (Å²) in [7, 11) is 0. The van der Waals surface area contributed by atoms with Gasteiger partial charge in [-0.05, 0) is 18.6 Å². The number of aromatic nitrogens is 3. The molecule has 1 heterocycles. The molecule has 0 aliphatic heterocycles. The van der Waals surface area contributed by atoms with E-state index in [4.69, 9.17) is 23.2 Å². The topological polar surface area (TPSA) is 50.9 Å². The van der Waals surface area contributed by atoms with Crippen LogP contribution < -0.4 is 0 Å². The first-order chi connectivity index (χ1) is 9.63. The highest BCUT2D eigenvalue weighted by Gasteiger charge is 2.24. The third-order valence-corrected chi connectivity index (χ3v) is 3.84. The molecule has 0 aliphatic rings. The molecule has 20 heavy (non-hydrogen) atoms. The Morgan fingerprint density at radius 1 is 1.35 bits per heavy atom. The Labute approximate surface area is 128 Å². The number of unbranched alkanes of at least 4 members (excludes halogenated alkanes) is 1. The van der Waals surface area contributed by atoms with Gasteiger partial charge < -0.3 is 5.11 Å². The SMILES string of the molecule is CCCCC(C(O)c1ccc(Cl)cc1Cl)n1cncn1. The van der Waals surface area contributed by atoms with Crippen LogP contribution in [0.1, 0.15) is 43.9 Å². The fourth-order valence-electron chi connectivity index (χ4n) is 2.19. The Kier molecular flexibility index (Phi) is 5.40. The first-order valence-corrected chi connectivity index (χ1v) is 7.36. The predicted molar refractivity (Wildman–Crippen MR) is 80.0 cm³/mol. The molecular weight excluding hydrogens is 297 g/mol. The molecule has 1 N–H and O–H groups in total. The molecule has 0 fully saturated rings. The first-order valence-electron chi connectivity index (χ1n) is 6.60. The van der Waals surface area contributed by atoms with Crippen molar-refractivity contribution in [3.63, 3.8) is 0 Å². The largest absolute Gasteiger partial charge is 0.386 e. The Morgan fingerprint density at radius 2 is 2.15 bits per heavy atom. The molecule has 2 rings (SSSR count). The lowest BCUT2D eigenvalue weighted by molar-refractivity contribution is 0.0994. The average Bonchev–Trinajstić information content (AvgIpc) is 2.93. The fraction of sp³-hybridized carbons (Fsp3) is 0.429. The summed E-state index contributed by atoms with van der Waals surface area (Å²) in [4.78, 5) is 3.95. The fourth-order valence-corrected chi connectivity index (χ4v) is 2.71. The van der Waals surface area contributed by atoms with Crippen molar-refractivity contribution in [3.05, 3.63) is 46.5 Å². The molecule has 0 amide bonds. The van der Waals surface area contributed by atoms with Gasteiger partial charge in [0.25, 0.3) is 0 Å². The Hall–Kier alpha value is -1.10. The van der Waals surface area contributed by atoms with Gasteiger partial charge in [-0.25, -0.2) is 9.67 Å². The normalized spacial score (nSPS) is 14.2. The van der Waals surface area contributed by atoms with Crippen molar-refractivity contribution in [2.75, 3.05) is 0 Å². The molecule has 0 saturated heterocycles. The van der Waals surface area contributed by atoms with Gasteiger partial charge in [0.2, 0.25) is 0 Å². The minimum absolute atomic E-state index is 0.184. The van der Waals surface area contributed by atoms with Crippen LogP contribution in [0.3, 0.4) is 0 Å². The molecule has 6 heteroatoms. The molecule has 0 bridgehead atoms. The Morgan fingerprint density at radius 3 is 2.75 bits per heavy atom. The second kappa shape index (κ2) is 7.07. The predicted octanol–water partition coefficient (Wildman–Crippen LogP) is 4.05. The summed E-state index contributed by atoms with van der Waals surface area (Å²) in [5.74, 6) is 0. The molecular formula is C14H17Cl2N3O. The van der Waals surface area contributed by atoms with E-state index in [0.29, 0.717) is 15.6 Å². The summed E-state index contributed by atoms with van der Waals surface area (Å²) in [6, 6.07) is 4.94. The highest BCUT2D eigenvalue weighted by Crippen LogP contribution is 2.34. The minimum Gasteiger partial charge on any atom is -0.386 e. The second-order valence-electron chi connectivity index (χ2n) is 4.70. The van der Waals surface area contributed by atoms with Gasteiger partial charge in [0.15, 0.2) is 0 Å². The zero-order chi connectivity index (χ0) is 14.5. The van der Waals surface area contributed by atoms with Crippen LogP contribution in [0.25, 0.3) is 0 Å². The Bertz CT molecular complexity index is 545. The van der Waals surface area contributed by atoms with Gasteiger partial charge in [-0.3, -0.25) is 0 Å². The highest BCUT2D eigenvalue weighted by atomic mass is 35.5. The molecule has 1 aromatic carbocycles. The van der Waals surface area contributed by atoms with Gasteiger partial charge in [-0.1, -0.05) is 49.0 Å². The van der Waals surface area contributed by atoms with Crippen LogP contribution in [0.15, 0.2) is 30.9 Å². The van der Waals surface area contributed by atoms with E-state index >= 15 is 0 Å². The summed E-state index contributed by atoms with van der Waals surface area (Å²) in [5.41, 5.74) is 0.660. The van der Waals surface area contributed by atoms with Crippen molar-refractivity contribution in [1.29, 1.82) is 0 Å². The zero-order valence-corrected chi connectivity index (χ0v) is 12.7. The molecule has 2 aromatic rings. The van der Waals surface area contributed by atoms with Crippen LogP contribution in [0.5, 0.6) is 0 Å². The van der Waals surface area contributed by atoms with E-state index in [-0.39, 0.29) is 6.04 Å². The number of benzene rings is 1. The first kappa shape index (κ1) is 15.3. The molecule has 0 aliphatic carbocycles. The summed E-state index contributed by atoms with van der Waals surface area (Å²) >= 11 is 12.1. The van der Waals surface area contributed by atoms with Crippen LogP contribution in [0.4, 0.5) is 0 Å². The quantitative estimate of drug-likeness (QED) is 0.875. The van der Waals surface area contributed by atoms with Crippen LogP contribution in [0, 0.1) is 0 Å². The smallest absolute Gasteiger partial charge is 0.137 e. The number of halogens is 2. The molecule has 1 aromatic heterocycles. The number of rotatable bonds is 6. The average molecular weight is 314 g/mol. The summed E-state index contributed by atoms with van der Waals surface area (Å²) in [6.07, 6.45) is 5.19. The van der Waals surface area contributed by atoms with Gasteiger partial charge in [0.05, 0.1) is 6.04 Å². The number of hydrogen-bond donors (Lipinski definition) is 1.